The average molecular weight is 300 g/mol. The van der Waals surface area contributed by atoms with Gasteiger partial charge in [-0.05, 0) is 48.7 Å². The van der Waals surface area contributed by atoms with Crippen LogP contribution in [-0.4, -0.2) is 17.4 Å². The minimum absolute atomic E-state index is 0.236. The normalized spacial score (nSPS) is 9.67. The number of anilines is 1. The molecule has 0 bridgehead atoms. The molecule has 5 heteroatoms. The Bertz CT molecular complexity index is 732. The first-order valence-corrected chi connectivity index (χ1v) is 6.71. The Kier molecular flexibility index (Phi) is 4.94. The second-order valence-corrected chi connectivity index (χ2v) is 4.76. The van der Waals surface area contributed by atoms with Gasteiger partial charge < -0.3 is 11.1 Å². The highest BCUT2D eigenvalue weighted by Crippen LogP contribution is 2.16. The monoisotopic (exact) mass is 299 g/mol. The first kappa shape index (κ1) is 15.0. The zero-order valence-corrected chi connectivity index (χ0v) is 12.2. The molecule has 4 nitrogen and oxygen atoms in total. The van der Waals surface area contributed by atoms with Crippen LogP contribution in [0.5, 0.6) is 0 Å². The fourth-order valence-electron chi connectivity index (χ4n) is 1.78. The maximum Gasteiger partial charge on any atom is 0.257 e. The molecule has 0 atom stereocenters. The molecule has 3 N–H and O–H groups in total. The zero-order valence-electron chi connectivity index (χ0n) is 11.5. The number of halogens is 1. The molecule has 1 aromatic carbocycles. The predicted octanol–water partition coefficient (Wildman–Crippen LogP) is 2.61. The lowest BCUT2D eigenvalue weighted by Gasteiger charge is -2.07. The molecule has 0 radical (unpaired) electrons. The van der Waals surface area contributed by atoms with Gasteiger partial charge in [0.05, 0.1) is 6.54 Å². The Balaban J connectivity index is 2.19. The summed E-state index contributed by atoms with van der Waals surface area (Å²) < 4.78 is 0. The Morgan fingerprint density at radius 2 is 2.19 bits per heavy atom. The van der Waals surface area contributed by atoms with E-state index in [-0.39, 0.29) is 12.5 Å². The van der Waals surface area contributed by atoms with Gasteiger partial charge in [0.25, 0.3) is 5.91 Å². The van der Waals surface area contributed by atoms with Crippen LogP contribution in [0, 0.1) is 18.8 Å². The highest BCUT2D eigenvalue weighted by molar-refractivity contribution is 6.30. The summed E-state index contributed by atoms with van der Waals surface area (Å²) in [4.78, 5) is 16.5. The molecule has 2 aromatic rings. The number of nitrogens with zero attached hydrogens (tertiary/aromatic N) is 1. The number of nitrogens with one attached hydrogen (secondary N) is 1. The maximum absolute atomic E-state index is 12.2. The third-order valence-electron chi connectivity index (χ3n) is 2.74. The minimum Gasteiger partial charge on any atom is -0.320 e. The molecule has 106 valence electrons. The first-order chi connectivity index (χ1) is 10.1. The van der Waals surface area contributed by atoms with E-state index in [4.69, 9.17) is 17.3 Å². The molecular formula is C16H14ClN3O. The minimum atomic E-state index is -0.236. The van der Waals surface area contributed by atoms with Crippen LogP contribution in [0.25, 0.3) is 0 Å². The summed E-state index contributed by atoms with van der Waals surface area (Å²) in [5.74, 6) is 5.75. The molecule has 0 aliphatic carbocycles. The number of amides is 1. The molecular weight excluding hydrogens is 286 g/mol. The van der Waals surface area contributed by atoms with Gasteiger partial charge >= 0.3 is 0 Å². The van der Waals surface area contributed by atoms with Crippen molar-refractivity contribution in [3.05, 3.63) is 58.2 Å². The number of benzene rings is 1. The number of rotatable bonds is 2. The average Bonchev–Trinajstić information content (AvgIpc) is 2.45. The van der Waals surface area contributed by atoms with Crippen LogP contribution in [0.15, 0.2) is 36.4 Å². The van der Waals surface area contributed by atoms with Crippen molar-refractivity contribution in [1.29, 1.82) is 0 Å². The summed E-state index contributed by atoms with van der Waals surface area (Å²) in [5, 5.41) is 3.34. The van der Waals surface area contributed by atoms with Gasteiger partial charge in [0, 0.05) is 10.6 Å². The predicted molar refractivity (Wildman–Crippen MR) is 84.3 cm³/mol. The van der Waals surface area contributed by atoms with Crippen LogP contribution in [0.2, 0.25) is 5.02 Å². The van der Waals surface area contributed by atoms with Gasteiger partial charge in [0.1, 0.15) is 11.5 Å². The number of hydrogen-bond donors (Lipinski definition) is 2. The SMILES string of the molecule is Cc1cc(Cl)ccc1C(=O)Nc1cccc(C#CCN)n1. The highest BCUT2D eigenvalue weighted by Gasteiger charge is 2.10. The topological polar surface area (TPSA) is 68.0 Å². The summed E-state index contributed by atoms with van der Waals surface area (Å²) in [6, 6.07) is 10.3. The van der Waals surface area contributed by atoms with Crippen molar-refractivity contribution >= 4 is 23.3 Å². The van der Waals surface area contributed by atoms with Gasteiger partial charge in [-0.25, -0.2) is 4.98 Å². The summed E-state index contributed by atoms with van der Waals surface area (Å²) in [7, 11) is 0. The van der Waals surface area contributed by atoms with Crippen molar-refractivity contribution in [2.45, 2.75) is 6.92 Å². The fourth-order valence-corrected chi connectivity index (χ4v) is 2.01. The molecule has 1 amide bonds. The number of carbonyl (C=O) groups is 1. The van der Waals surface area contributed by atoms with E-state index in [1.807, 2.05) is 6.92 Å². The second kappa shape index (κ2) is 6.89. The number of aromatic nitrogens is 1. The Morgan fingerprint density at radius 3 is 2.90 bits per heavy atom. The van der Waals surface area contributed by atoms with Crippen molar-refractivity contribution in [3.63, 3.8) is 0 Å². The molecule has 1 aromatic heterocycles. The van der Waals surface area contributed by atoms with Crippen LogP contribution in [-0.2, 0) is 0 Å². The van der Waals surface area contributed by atoms with E-state index in [0.717, 1.165) is 5.56 Å². The molecule has 0 spiro atoms. The van der Waals surface area contributed by atoms with E-state index in [9.17, 15) is 4.79 Å². The van der Waals surface area contributed by atoms with E-state index in [1.54, 1.807) is 36.4 Å². The molecule has 0 saturated heterocycles. The Hall–Kier alpha value is -2.35. The maximum atomic E-state index is 12.2. The summed E-state index contributed by atoms with van der Waals surface area (Å²) in [5.41, 5.74) is 7.24. The van der Waals surface area contributed by atoms with Crippen LogP contribution in [0.3, 0.4) is 0 Å². The molecule has 0 fully saturated rings. The van der Waals surface area contributed by atoms with Gasteiger partial charge in [-0.15, -0.1) is 0 Å². The summed E-state index contributed by atoms with van der Waals surface area (Å²) in [6.07, 6.45) is 0. The lowest BCUT2D eigenvalue weighted by Crippen LogP contribution is -2.14. The third-order valence-corrected chi connectivity index (χ3v) is 2.98. The van der Waals surface area contributed by atoms with E-state index < -0.39 is 0 Å². The van der Waals surface area contributed by atoms with Gasteiger partial charge in [0.15, 0.2) is 0 Å². The van der Waals surface area contributed by atoms with Gasteiger partial charge in [-0.2, -0.15) is 0 Å². The van der Waals surface area contributed by atoms with E-state index in [0.29, 0.717) is 22.1 Å². The highest BCUT2D eigenvalue weighted by atomic mass is 35.5. The molecule has 21 heavy (non-hydrogen) atoms. The molecule has 0 aliphatic rings. The largest absolute Gasteiger partial charge is 0.320 e. The number of hydrogen-bond acceptors (Lipinski definition) is 3. The summed E-state index contributed by atoms with van der Waals surface area (Å²) >= 11 is 5.88. The van der Waals surface area contributed by atoms with Crippen molar-refractivity contribution in [1.82, 2.24) is 4.98 Å². The molecule has 0 saturated carbocycles. The van der Waals surface area contributed by atoms with E-state index in [2.05, 4.69) is 22.1 Å². The van der Waals surface area contributed by atoms with Crippen molar-refractivity contribution in [3.8, 4) is 11.8 Å². The number of nitrogens with two attached hydrogens (primary N) is 1. The molecule has 1 heterocycles. The first-order valence-electron chi connectivity index (χ1n) is 6.33. The van der Waals surface area contributed by atoms with Crippen molar-refractivity contribution in [2.75, 3.05) is 11.9 Å². The van der Waals surface area contributed by atoms with Gasteiger partial charge in [-0.3, -0.25) is 4.79 Å². The summed E-state index contributed by atoms with van der Waals surface area (Å²) in [6.45, 7) is 2.10. The standard InChI is InChI=1S/C16H14ClN3O/c1-11-10-12(17)7-8-14(11)16(21)20-15-6-2-4-13(19-15)5-3-9-18/h2,4,6-8,10H,9,18H2,1H3,(H,19,20,21). The molecule has 0 unspecified atom stereocenters. The fraction of sp³-hybridized carbons (Fsp3) is 0.125. The Labute approximate surface area is 128 Å². The quantitative estimate of drug-likeness (QED) is 0.838. The van der Waals surface area contributed by atoms with Crippen molar-refractivity contribution in [2.24, 2.45) is 5.73 Å². The molecule has 2 rings (SSSR count). The van der Waals surface area contributed by atoms with Gasteiger partial charge in [0.2, 0.25) is 0 Å². The lowest BCUT2D eigenvalue weighted by molar-refractivity contribution is 0.102. The van der Waals surface area contributed by atoms with Crippen LogP contribution in [0.1, 0.15) is 21.6 Å². The van der Waals surface area contributed by atoms with E-state index in [1.165, 1.54) is 0 Å². The zero-order chi connectivity index (χ0) is 15.2. The van der Waals surface area contributed by atoms with Crippen LogP contribution in [0.4, 0.5) is 5.82 Å². The van der Waals surface area contributed by atoms with Crippen molar-refractivity contribution < 1.29 is 4.79 Å². The molecule has 0 aliphatic heterocycles. The third kappa shape index (κ3) is 4.06. The van der Waals surface area contributed by atoms with Gasteiger partial charge in [-0.1, -0.05) is 23.6 Å². The van der Waals surface area contributed by atoms with Crippen LogP contribution < -0.4 is 11.1 Å². The number of pyridine rings is 1. The van der Waals surface area contributed by atoms with Crippen LogP contribution >= 0.6 is 11.6 Å². The lowest BCUT2D eigenvalue weighted by atomic mass is 10.1. The van der Waals surface area contributed by atoms with E-state index >= 15 is 0 Å². The number of carbonyl (C=O) groups excluding carboxylic acids is 1. The second-order valence-electron chi connectivity index (χ2n) is 4.33. The number of aryl methyl sites for hydroxylation is 1. The smallest absolute Gasteiger partial charge is 0.257 e. The Morgan fingerprint density at radius 1 is 1.38 bits per heavy atom.